The molecule has 0 saturated carbocycles. The fourth-order valence-electron chi connectivity index (χ4n) is 7.33. The van der Waals surface area contributed by atoms with E-state index in [4.69, 9.17) is 15.0 Å². The van der Waals surface area contributed by atoms with E-state index in [1.807, 2.05) is 6.07 Å². The summed E-state index contributed by atoms with van der Waals surface area (Å²) in [5.74, 6) is 1.95. The summed E-state index contributed by atoms with van der Waals surface area (Å²) in [6.45, 7) is 0. The van der Waals surface area contributed by atoms with Gasteiger partial charge in [0.25, 0.3) is 0 Å². The number of benzene rings is 8. The van der Waals surface area contributed by atoms with E-state index in [1.165, 1.54) is 30.9 Å². The van der Waals surface area contributed by atoms with Crippen LogP contribution in [0.15, 0.2) is 176 Å². The van der Waals surface area contributed by atoms with Crippen molar-refractivity contribution in [3.8, 4) is 56.4 Å². The lowest BCUT2D eigenvalue weighted by atomic mass is 9.90. The van der Waals surface area contributed by atoms with Gasteiger partial charge in [0.05, 0.1) is 0 Å². The van der Waals surface area contributed by atoms with Crippen LogP contribution >= 0.6 is 11.3 Å². The van der Waals surface area contributed by atoms with Gasteiger partial charge in [-0.1, -0.05) is 158 Å². The van der Waals surface area contributed by atoms with Crippen LogP contribution in [0.3, 0.4) is 0 Å². The fraction of sp³-hybridized carbons (Fsp3) is 0. The zero-order chi connectivity index (χ0) is 33.7. The van der Waals surface area contributed by atoms with Gasteiger partial charge in [-0.2, -0.15) is 0 Å². The average molecular weight is 668 g/mol. The summed E-state index contributed by atoms with van der Waals surface area (Å²) in [6, 6.07) is 62.1. The number of nitrogens with zero attached hydrogens (tertiary/aromatic N) is 3. The highest BCUT2D eigenvalue weighted by molar-refractivity contribution is 7.26. The van der Waals surface area contributed by atoms with Crippen molar-refractivity contribution in [2.75, 3.05) is 0 Å². The molecule has 0 unspecified atom stereocenters. The van der Waals surface area contributed by atoms with Crippen LogP contribution in [-0.4, -0.2) is 15.0 Å². The van der Waals surface area contributed by atoms with Gasteiger partial charge in [0.2, 0.25) is 0 Å². The average Bonchev–Trinajstić information content (AvgIpc) is 3.59. The number of hydrogen-bond acceptors (Lipinski definition) is 4. The van der Waals surface area contributed by atoms with Crippen molar-refractivity contribution in [3.63, 3.8) is 0 Å². The Balaban J connectivity index is 1.28. The van der Waals surface area contributed by atoms with Crippen molar-refractivity contribution in [1.29, 1.82) is 0 Å². The Hall–Kier alpha value is -6.49. The second-order valence-electron chi connectivity index (χ2n) is 12.8. The minimum Gasteiger partial charge on any atom is -0.208 e. The van der Waals surface area contributed by atoms with Crippen molar-refractivity contribution in [3.05, 3.63) is 176 Å². The molecule has 10 rings (SSSR count). The predicted octanol–water partition coefficient (Wildman–Crippen LogP) is 12.9. The molecule has 0 fully saturated rings. The maximum Gasteiger partial charge on any atom is 0.165 e. The normalized spacial score (nSPS) is 11.5. The van der Waals surface area contributed by atoms with Gasteiger partial charge in [-0.15, -0.1) is 11.3 Å². The van der Waals surface area contributed by atoms with Crippen molar-refractivity contribution in [2.24, 2.45) is 0 Å². The predicted molar refractivity (Wildman–Crippen MR) is 215 cm³/mol. The second kappa shape index (κ2) is 12.1. The number of thiophene rings is 1. The molecule has 10 aromatic rings. The van der Waals surface area contributed by atoms with E-state index in [1.54, 1.807) is 11.3 Å². The minimum absolute atomic E-state index is 0.641. The molecule has 4 heteroatoms. The van der Waals surface area contributed by atoms with E-state index in [0.717, 1.165) is 49.7 Å². The van der Waals surface area contributed by atoms with E-state index in [9.17, 15) is 0 Å². The summed E-state index contributed by atoms with van der Waals surface area (Å²) in [6.07, 6.45) is 0. The lowest BCUT2D eigenvalue weighted by molar-refractivity contribution is 1.08. The molecule has 0 amide bonds. The Bertz CT molecular complexity index is 2920. The number of rotatable bonds is 5. The van der Waals surface area contributed by atoms with E-state index in [-0.39, 0.29) is 0 Å². The molecule has 0 saturated heterocycles. The lowest BCUT2D eigenvalue weighted by Crippen LogP contribution is -2.02. The van der Waals surface area contributed by atoms with Crippen LogP contribution in [0.25, 0.3) is 98.1 Å². The third-order valence-electron chi connectivity index (χ3n) is 9.74. The molecule has 0 aliphatic carbocycles. The van der Waals surface area contributed by atoms with Crippen LogP contribution in [0.1, 0.15) is 0 Å². The quantitative estimate of drug-likeness (QED) is 0.183. The van der Waals surface area contributed by atoms with Gasteiger partial charge in [-0.05, 0) is 62.0 Å². The lowest BCUT2D eigenvalue weighted by Gasteiger charge is -2.16. The molecule has 0 spiro atoms. The molecule has 0 aliphatic rings. The highest BCUT2D eigenvalue weighted by Crippen LogP contribution is 2.43. The summed E-state index contributed by atoms with van der Waals surface area (Å²) in [4.78, 5) is 16.0. The smallest absolute Gasteiger partial charge is 0.165 e. The van der Waals surface area contributed by atoms with Crippen LogP contribution in [-0.2, 0) is 0 Å². The largest absolute Gasteiger partial charge is 0.208 e. The molecule has 0 bridgehead atoms. The molecule has 3 nitrogen and oxygen atoms in total. The van der Waals surface area contributed by atoms with E-state index >= 15 is 0 Å². The molecule has 0 aliphatic heterocycles. The zero-order valence-corrected chi connectivity index (χ0v) is 28.3. The van der Waals surface area contributed by atoms with Crippen LogP contribution < -0.4 is 0 Å². The minimum atomic E-state index is 0.641. The third-order valence-corrected chi connectivity index (χ3v) is 11.0. The van der Waals surface area contributed by atoms with E-state index < -0.39 is 0 Å². The Morgan fingerprint density at radius 2 is 0.922 bits per heavy atom. The Kier molecular flexibility index (Phi) is 7.00. The summed E-state index contributed by atoms with van der Waals surface area (Å²) >= 11 is 1.79. The van der Waals surface area contributed by atoms with Crippen LogP contribution in [0.5, 0.6) is 0 Å². The molecule has 0 atom stereocenters. The SMILES string of the molecule is c1ccc(-c2cccc(-c3nc(-c4c(-c5cccc6ccccc56)ccc5ccccc45)nc(-c4cccc5c4sc4ccccc45)n3)c2)cc1. The Labute approximate surface area is 299 Å². The van der Waals surface area contributed by atoms with Gasteiger partial charge in [0, 0.05) is 36.9 Å². The first-order valence-corrected chi connectivity index (χ1v) is 17.9. The van der Waals surface area contributed by atoms with Crippen molar-refractivity contribution >= 4 is 53.1 Å². The Morgan fingerprint density at radius 1 is 0.333 bits per heavy atom. The molecule has 0 N–H and O–H groups in total. The van der Waals surface area contributed by atoms with Crippen molar-refractivity contribution < 1.29 is 0 Å². The van der Waals surface area contributed by atoms with Gasteiger partial charge in [-0.3, -0.25) is 0 Å². The summed E-state index contributed by atoms with van der Waals surface area (Å²) in [5.41, 5.74) is 7.45. The molecule has 8 aromatic carbocycles. The molecule has 2 heterocycles. The highest BCUT2D eigenvalue weighted by Gasteiger charge is 2.21. The third kappa shape index (κ3) is 5.08. The van der Waals surface area contributed by atoms with Gasteiger partial charge < -0.3 is 0 Å². The van der Waals surface area contributed by atoms with Crippen LogP contribution in [0.4, 0.5) is 0 Å². The maximum absolute atomic E-state index is 5.40. The fourth-order valence-corrected chi connectivity index (χ4v) is 8.54. The molecular weight excluding hydrogens is 639 g/mol. The van der Waals surface area contributed by atoms with Gasteiger partial charge in [0.15, 0.2) is 17.5 Å². The molecule has 238 valence electrons. The first-order valence-electron chi connectivity index (χ1n) is 17.1. The topological polar surface area (TPSA) is 38.7 Å². The van der Waals surface area contributed by atoms with Crippen LogP contribution in [0.2, 0.25) is 0 Å². The second-order valence-corrected chi connectivity index (χ2v) is 13.8. The molecule has 0 radical (unpaired) electrons. The van der Waals surface area contributed by atoms with Gasteiger partial charge in [-0.25, -0.2) is 15.0 Å². The first kappa shape index (κ1) is 29.4. The number of hydrogen-bond donors (Lipinski definition) is 0. The molecule has 2 aromatic heterocycles. The number of aromatic nitrogens is 3. The number of fused-ring (bicyclic) bond motifs is 5. The van der Waals surface area contributed by atoms with Crippen LogP contribution in [0, 0.1) is 0 Å². The first-order chi connectivity index (χ1) is 25.3. The highest BCUT2D eigenvalue weighted by atomic mass is 32.1. The molecule has 51 heavy (non-hydrogen) atoms. The van der Waals surface area contributed by atoms with Gasteiger partial charge >= 0.3 is 0 Å². The Morgan fingerprint density at radius 3 is 1.80 bits per heavy atom. The van der Waals surface area contributed by atoms with Gasteiger partial charge in [0.1, 0.15) is 0 Å². The summed E-state index contributed by atoms with van der Waals surface area (Å²) in [7, 11) is 0. The molecular formula is C47H29N3S. The summed E-state index contributed by atoms with van der Waals surface area (Å²) < 4.78 is 2.42. The van der Waals surface area contributed by atoms with Crippen molar-refractivity contribution in [2.45, 2.75) is 0 Å². The van der Waals surface area contributed by atoms with E-state index in [2.05, 4.69) is 170 Å². The standard InChI is InChI=1S/C47H29N3S/c1-2-13-30(14-3-1)33-18-10-19-34(29-33)45-48-46(41-25-12-24-40-38-22-8-9-26-42(38)51-44(40)41)50-47(49-45)43-36-21-7-5-16-32(36)27-28-39(43)37-23-11-17-31-15-4-6-20-35(31)37/h1-29H. The van der Waals surface area contributed by atoms with Crippen molar-refractivity contribution in [1.82, 2.24) is 15.0 Å². The zero-order valence-electron chi connectivity index (χ0n) is 27.5. The monoisotopic (exact) mass is 667 g/mol. The summed E-state index contributed by atoms with van der Waals surface area (Å²) in [5, 5.41) is 7.08. The maximum atomic E-state index is 5.40. The van der Waals surface area contributed by atoms with E-state index in [0.29, 0.717) is 17.5 Å².